The van der Waals surface area contributed by atoms with E-state index in [1.807, 2.05) is 18.2 Å². The molecule has 1 heterocycles. The molecule has 7 nitrogen and oxygen atoms in total. The molecule has 0 spiro atoms. The number of azo groups is 1. The highest BCUT2D eigenvalue weighted by atomic mass is 16.3. The van der Waals surface area contributed by atoms with Gasteiger partial charge in [-0.2, -0.15) is 10.4 Å². The maximum atomic E-state index is 12.3. The van der Waals surface area contributed by atoms with Gasteiger partial charge in [0.05, 0.1) is 5.69 Å². The van der Waals surface area contributed by atoms with Crippen molar-refractivity contribution in [2.24, 2.45) is 10.2 Å². The van der Waals surface area contributed by atoms with Crippen LogP contribution in [-0.4, -0.2) is 21.4 Å². The van der Waals surface area contributed by atoms with Gasteiger partial charge in [-0.1, -0.05) is 24.8 Å². The van der Waals surface area contributed by atoms with Crippen LogP contribution < -0.4 is 5.56 Å². The molecule has 2 rings (SSSR count). The van der Waals surface area contributed by atoms with Crippen LogP contribution in [0.3, 0.4) is 0 Å². The second-order valence-corrected chi connectivity index (χ2v) is 5.31. The molecule has 0 amide bonds. The number of pyridine rings is 1. The molecule has 25 heavy (non-hydrogen) atoms. The Morgan fingerprint density at radius 3 is 2.56 bits per heavy atom. The Kier molecular flexibility index (Phi) is 5.82. The van der Waals surface area contributed by atoms with Gasteiger partial charge in [-0.05, 0) is 31.0 Å². The minimum atomic E-state index is -0.611. The number of aliphatic hydroxyl groups is 1. The molecule has 0 radical (unpaired) electrons. The highest BCUT2D eigenvalue weighted by Crippen LogP contribution is 2.32. The fourth-order valence-electron chi connectivity index (χ4n) is 2.28. The lowest BCUT2D eigenvalue weighted by atomic mass is 10.1. The molecule has 0 saturated heterocycles. The third kappa shape index (κ3) is 3.82. The Labute approximate surface area is 144 Å². The van der Waals surface area contributed by atoms with Crippen LogP contribution in [0.2, 0.25) is 0 Å². The second-order valence-electron chi connectivity index (χ2n) is 5.31. The van der Waals surface area contributed by atoms with Gasteiger partial charge in [-0.25, -0.2) is 0 Å². The van der Waals surface area contributed by atoms with Gasteiger partial charge in [-0.3, -0.25) is 9.36 Å². The van der Waals surface area contributed by atoms with E-state index in [9.17, 15) is 15.2 Å². The number of benzene rings is 1. The minimum absolute atomic E-state index is 0.0573. The van der Waals surface area contributed by atoms with Gasteiger partial charge in [0, 0.05) is 18.7 Å². The molecule has 0 unspecified atom stereocenters. The fourth-order valence-corrected chi connectivity index (χ4v) is 2.28. The summed E-state index contributed by atoms with van der Waals surface area (Å²) in [5.41, 5.74) is 1.09. The van der Waals surface area contributed by atoms with Crippen LogP contribution in [0, 0.1) is 18.3 Å². The first kappa shape index (κ1) is 18.1. The van der Waals surface area contributed by atoms with Gasteiger partial charge in [0.15, 0.2) is 5.69 Å². The lowest BCUT2D eigenvalue weighted by Crippen LogP contribution is -2.24. The first-order valence-electron chi connectivity index (χ1n) is 7.65. The van der Waals surface area contributed by atoms with Crippen molar-refractivity contribution in [2.45, 2.75) is 19.9 Å². The van der Waals surface area contributed by atoms with Crippen LogP contribution in [0.4, 0.5) is 11.4 Å². The first-order valence-corrected chi connectivity index (χ1v) is 7.65. The summed E-state index contributed by atoms with van der Waals surface area (Å²) in [6.07, 6.45) is 1.97. The van der Waals surface area contributed by atoms with E-state index in [2.05, 4.69) is 16.8 Å². The predicted octanol–water partition coefficient (Wildman–Crippen LogP) is 3.17. The van der Waals surface area contributed by atoms with E-state index in [0.29, 0.717) is 5.69 Å². The van der Waals surface area contributed by atoms with E-state index in [-0.39, 0.29) is 42.3 Å². The molecule has 128 valence electrons. The highest BCUT2D eigenvalue weighted by molar-refractivity contribution is 5.59. The van der Waals surface area contributed by atoms with E-state index in [4.69, 9.17) is 5.11 Å². The summed E-state index contributed by atoms with van der Waals surface area (Å²) in [5, 5.41) is 36.6. The minimum Gasteiger partial charge on any atom is -0.493 e. The number of hydrogen-bond acceptors (Lipinski definition) is 6. The van der Waals surface area contributed by atoms with Gasteiger partial charge >= 0.3 is 0 Å². The van der Waals surface area contributed by atoms with Crippen LogP contribution in [-0.2, 0) is 6.54 Å². The van der Waals surface area contributed by atoms with Gasteiger partial charge in [0.25, 0.3) is 5.56 Å². The van der Waals surface area contributed by atoms with E-state index in [1.54, 1.807) is 18.2 Å². The van der Waals surface area contributed by atoms with E-state index in [0.717, 1.165) is 10.1 Å². The van der Waals surface area contributed by atoms with Crippen molar-refractivity contribution in [3.8, 4) is 11.9 Å². The number of hydrogen-bond donors (Lipinski definition) is 2. The molecule has 1 aromatic heterocycles. The standard InChI is InChI=1S/C18H18N4O3/c1-3-13-5-7-14(8-6-13)20-21-16-12(2)15(11-19)17(24)22(18(16)25)9-4-10-23/h3,5-8,23,25H,1,4,9-10H2,2H3/b21-20+. The molecule has 0 aliphatic rings. The third-order valence-corrected chi connectivity index (χ3v) is 3.70. The smallest absolute Gasteiger partial charge is 0.271 e. The van der Waals surface area contributed by atoms with E-state index < -0.39 is 5.56 Å². The third-order valence-electron chi connectivity index (χ3n) is 3.70. The maximum absolute atomic E-state index is 12.3. The SMILES string of the molecule is C=Cc1ccc(/N=N/c2c(C)c(C#N)c(=O)n(CCCO)c2O)cc1. The largest absolute Gasteiger partial charge is 0.493 e. The molecule has 2 aromatic rings. The zero-order valence-electron chi connectivity index (χ0n) is 13.8. The Balaban J connectivity index is 2.51. The Hall–Kier alpha value is -3.24. The van der Waals surface area contributed by atoms with Crippen LogP contribution in [0.5, 0.6) is 5.88 Å². The topological polar surface area (TPSA) is 111 Å². The maximum Gasteiger partial charge on any atom is 0.271 e. The summed E-state index contributed by atoms with van der Waals surface area (Å²) in [6, 6.07) is 8.95. The Morgan fingerprint density at radius 2 is 2.00 bits per heavy atom. The van der Waals surface area contributed by atoms with Crippen LogP contribution in [0.25, 0.3) is 6.08 Å². The van der Waals surface area contributed by atoms with Crippen LogP contribution >= 0.6 is 0 Å². The number of aromatic hydroxyl groups is 1. The number of rotatable bonds is 6. The number of nitrogens with zero attached hydrogens (tertiary/aromatic N) is 4. The summed E-state index contributed by atoms with van der Waals surface area (Å²) in [4.78, 5) is 12.3. The summed E-state index contributed by atoms with van der Waals surface area (Å²) >= 11 is 0. The quantitative estimate of drug-likeness (QED) is 0.788. The average Bonchev–Trinajstić information content (AvgIpc) is 2.62. The monoisotopic (exact) mass is 338 g/mol. The van der Waals surface area contributed by atoms with Crippen molar-refractivity contribution in [1.82, 2.24) is 4.57 Å². The van der Waals surface area contributed by atoms with Gasteiger partial charge in [-0.15, -0.1) is 5.11 Å². The van der Waals surface area contributed by atoms with Gasteiger partial charge in [0.2, 0.25) is 5.88 Å². The predicted molar refractivity (Wildman–Crippen MR) is 94.2 cm³/mol. The molecule has 7 heteroatoms. The van der Waals surface area contributed by atoms with Gasteiger partial charge < -0.3 is 10.2 Å². The summed E-state index contributed by atoms with van der Waals surface area (Å²) in [6.45, 7) is 5.14. The lowest BCUT2D eigenvalue weighted by Gasteiger charge is -2.12. The molecular formula is C18H18N4O3. The molecule has 0 fully saturated rings. The van der Waals surface area contributed by atoms with E-state index in [1.165, 1.54) is 6.92 Å². The van der Waals surface area contributed by atoms with Crippen LogP contribution in [0.15, 0.2) is 45.9 Å². The van der Waals surface area contributed by atoms with Crippen molar-refractivity contribution < 1.29 is 10.2 Å². The van der Waals surface area contributed by atoms with Crippen molar-refractivity contribution in [1.29, 1.82) is 5.26 Å². The van der Waals surface area contributed by atoms with Crippen molar-refractivity contribution in [3.63, 3.8) is 0 Å². The molecule has 0 aliphatic carbocycles. The molecule has 0 saturated carbocycles. The molecule has 0 atom stereocenters. The summed E-state index contributed by atoms with van der Waals surface area (Å²) in [5.74, 6) is -0.374. The van der Waals surface area contributed by atoms with Crippen molar-refractivity contribution in [2.75, 3.05) is 6.61 Å². The van der Waals surface area contributed by atoms with Crippen molar-refractivity contribution >= 4 is 17.5 Å². The summed E-state index contributed by atoms with van der Waals surface area (Å²) < 4.78 is 1.02. The number of aliphatic hydroxyl groups excluding tert-OH is 1. The summed E-state index contributed by atoms with van der Waals surface area (Å²) in [7, 11) is 0. The van der Waals surface area contributed by atoms with E-state index >= 15 is 0 Å². The average molecular weight is 338 g/mol. The zero-order valence-corrected chi connectivity index (χ0v) is 13.8. The van der Waals surface area contributed by atoms with Gasteiger partial charge in [0.1, 0.15) is 11.6 Å². The molecule has 2 N–H and O–H groups in total. The molecule has 0 bridgehead atoms. The second kappa shape index (κ2) is 8.04. The lowest BCUT2D eigenvalue weighted by molar-refractivity contribution is 0.274. The normalized spacial score (nSPS) is 10.8. The first-order chi connectivity index (χ1) is 12.0. The van der Waals surface area contributed by atoms with Crippen LogP contribution in [0.1, 0.15) is 23.1 Å². The number of aromatic nitrogens is 1. The number of nitriles is 1. The fraction of sp³-hybridized carbons (Fsp3) is 0.222. The Morgan fingerprint density at radius 1 is 1.32 bits per heavy atom. The molecule has 0 aliphatic heterocycles. The molecular weight excluding hydrogens is 320 g/mol. The Bertz CT molecular complexity index is 906. The van der Waals surface area contributed by atoms with Crippen molar-refractivity contribution in [3.05, 3.63) is 57.9 Å². The molecule has 1 aromatic carbocycles. The zero-order chi connectivity index (χ0) is 18.4. The highest BCUT2D eigenvalue weighted by Gasteiger charge is 2.18.